The van der Waals surface area contributed by atoms with Crippen LogP contribution in [0.2, 0.25) is 0 Å². The lowest BCUT2D eigenvalue weighted by atomic mass is 9.72. The number of fused-ring (bicyclic) bond motifs is 3. The summed E-state index contributed by atoms with van der Waals surface area (Å²) in [5.41, 5.74) is -3.80. The number of unbranched alkanes of at least 4 members (excludes halogenated alkanes) is 6. The number of amides is 1. The molecule has 5 rings (SSSR count). The van der Waals surface area contributed by atoms with Crippen LogP contribution in [0.25, 0.3) is 0 Å². The summed E-state index contributed by atoms with van der Waals surface area (Å²) in [7, 11) is 1.32. The first-order chi connectivity index (χ1) is 23.9. The van der Waals surface area contributed by atoms with E-state index in [9.17, 15) is 44.7 Å². The van der Waals surface area contributed by atoms with E-state index in [2.05, 4.69) is 12.2 Å². The molecule has 1 fully saturated rings. The first-order valence-electron chi connectivity index (χ1n) is 17.4. The van der Waals surface area contributed by atoms with Crippen LogP contribution in [-0.4, -0.2) is 92.6 Å². The molecule has 1 saturated heterocycles. The fourth-order valence-corrected chi connectivity index (χ4v) is 7.38. The van der Waals surface area contributed by atoms with Gasteiger partial charge in [0.15, 0.2) is 17.9 Å². The minimum Gasteiger partial charge on any atom is -0.507 e. The number of carbonyl (C=O) groups is 4. The molecule has 0 saturated carbocycles. The molecule has 6 atom stereocenters. The average molecular weight is 698 g/mol. The van der Waals surface area contributed by atoms with Gasteiger partial charge in [0.2, 0.25) is 11.7 Å². The van der Waals surface area contributed by atoms with E-state index in [4.69, 9.17) is 14.2 Å². The highest BCUT2D eigenvalue weighted by Gasteiger charge is 2.50. The monoisotopic (exact) mass is 697 g/mol. The molecule has 1 amide bonds. The van der Waals surface area contributed by atoms with E-state index in [-0.39, 0.29) is 46.8 Å². The third-order valence-corrected chi connectivity index (χ3v) is 10.1. The van der Waals surface area contributed by atoms with Crippen molar-refractivity contribution in [1.82, 2.24) is 5.32 Å². The summed E-state index contributed by atoms with van der Waals surface area (Å²) >= 11 is 0. The predicted molar refractivity (Wildman–Crippen MR) is 178 cm³/mol. The van der Waals surface area contributed by atoms with Gasteiger partial charge >= 0.3 is 0 Å². The highest BCUT2D eigenvalue weighted by atomic mass is 16.7. The summed E-state index contributed by atoms with van der Waals surface area (Å²) < 4.78 is 17.5. The molecule has 1 heterocycles. The second-order valence-electron chi connectivity index (χ2n) is 13.5. The Kier molecular flexibility index (Phi) is 11.6. The van der Waals surface area contributed by atoms with Gasteiger partial charge < -0.3 is 45.1 Å². The van der Waals surface area contributed by atoms with E-state index >= 15 is 0 Å². The van der Waals surface area contributed by atoms with Gasteiger partial charge in [0.1, 0.15) is 35.6 Å². The molecule has 50 heavy (non-hydrogen) atoms. The van der Waals surface area contributed by atoms with Gasteiger partial charge in [0.05, 0.1) is 42.0 Å². The zero-order valence-corrected chi connectivity index (χ0v) is 28.7. The van der Waals surface area contributed by atoms with E-state index < -0.39 is 95.7 Å². The molecule has 2 aromatic carbocycles. The Morgan fingerprint density at radius 2 is 1.68 bits per heavy atom. The van der Waals surface area contributed by atoms with Crippen molar-refractivity contribution in [3.8, 4) is 17.2 Å². The minimum atomic E-state index is -2.29. The van der Waals surface area contributed by atoms with Crippen LogP contribution in [0.1, 0.15) is 127 Å². The van der Waals surface area contributed by atoms with Crippen molar-refractivity contribution >= 4 is 23.3 Å². The van der Waals surface area contributed by atoms with Crippen LogP contribution >= 0.6 is 0 Å². The van der Waals surface area contributed by atoms with Crippen LogP contribution in [0.5, 0.6) is 17.2 Å². The standard InChI is InChI=1S/C37H47NO12/c1-4-5-6-7-8-9-10-14-26(41)38-22-15-27(49-19(2)32(22)42)50-24-17-37(47,25(40)18-39)16-21-29(24)36(46)31-30(34(21)44)33(43)20-12-11-13-23(48-3)28(20)35(31)45/h11-13,19,22,24,27,32,39,42,44,46-47H,4-10,14-18H2,1-3H3,(H,38,41)/t19-,22-,24-,27-,32+,37-/m0/s1. The lowest BCUT2D eigenvalue weighted by Crippen LogP contribution is -2.55. The van der Waals surface area contributed by atoms with Crippen molar-refractivity contribution in [1.29, 1.82) is 0 Å². The molecule has 1 aliphatic heterocycles. The average Bonchev–Trinajstić information content (AvgIpc) is 3.09. The molecule has 0 unspecified atom stereocenters. The number of rotatable bonds is 14. The minimum absolute atomic E-state index is 0.0495. The van der Waals surface area contributed by atoms with E-state index in [1.807, 2.05) is 0 Å². The van der Waals surface area contributed by atoms with E-state index in [0.717, 1.165) is 25.7 Å². The Morgan fingerprint density at radius 3 is 2.36 bits per heavy atom. The summed E-state index contributed by atoms with van der Waals surface area (Å²) in [6.07, 6.45) is 1.95. The van der Waals surface area contributed by atoms with Crippen LogP contribution in [0.15, 0.2) is 18.2 Å². The molecule has 6 N–H and O–H groups in total. The fraction of sp³-hybridized carbons (Fsp3) is 0.568. The number of hydrogen-bond acceptors (Lipinski definition) is 12. The lowest BCUT2D eigenvalue weighted by Gasteiger charge is -2.43. The molecule has 2 aromatic rings. The number of aliphatic hydroxyl groups excluding tert-OH is 2. The second-order valence-corrected chi connectivity index (χ2v) is 13.5. The van der Waals surface area contributed by atoms with Crippen LogP contribution < -0.4 is 10.1 Å². The van der Waals surface area contributed by atoms with Crippen molar-refractivity contribution < 1.29 is 58.9 Å². The number of ketones is 3. The molecule has 13 nitrogen and oxygen atoms in total. The molecular formula is C37H47NO12. The summed E-state index contributed by atoms with van der Waals surface area (Å²) in [4.78, 5) is 53.3. The van der Waals surface area contributed by atoms with Gasteiger partial charge in [-0.3, -0.25) is 19.2 Å². The van der Waals surface area contributed by atoms with Crippen LogP contribution in [0.4, 0.5) is 0 Å². The summed E-state index contributed by atoms with van der Waals surface area (Å²) in [6, 6.07) is 3.58. The van der Waals surface area contributed by atoms with Crippen LogP contribution in [0, 0.1) is 0 Å². The van der Waals surface area contributed by atoms with Gasteiger partial charge in [-0.2, -0.15) is 0 Å². The van der Waals surface area contributed by atoms with Crippen molar-refractivity contribution in [2.75, 3.05) is 13.7 Å². The van der Waals surface area contributed by atoms with Crippen LogP contribution in [-0.2, 0) is 25.5 Å². The number of Topliss-reactive ketones (excluding diaryl/α,β-unsaturated/α-hetero) is 1. The third-order valence-electron chi connectivity index (χ3n) is 10.1. The Bertz CT molecular complexity index is 1640. The highest BCUT2D eigenvalue weighted by Crippen LogP contribution is 2.52. The number of phenolic OH excluding ortho intramolecular Hbond substituents is 2. The number of hydrogen-bond donors (Lipinski definition) is 6. The zero-order valence-electron chi connectivity index (χ0n) is 28.7. The largest absolute Gasteiger partial charge is 0.507 e. The van der Waals surface area contributed by atoms with E-state index in [1.54, 1.807) is 6.92 Å². The van der Waals surface area contributed by atoms with Crippen LogP contribution in [0.3, 0.4) is 0 Å². The van der Waals surface area contributed by atoms with E-state index in [0.29, 0.717) is 6.42 Å². The number of aromatic hydroxyl groups is 2. The first-order valence-corrected chi connectivity index (χ1v) is 17.4. The molecular weight excluding hydrogens is 650 g/mol. The molecule has 0 bridgehead atoms. The summed E-state index contributed by atoms with van der Waals surface area (Å²) in [6.45, 7) is 2.70. The molecule has 272 valence electrons. The molecule has 2 aliphatic carbocycles. The van der Waals surface area contributed by atoms with Crippen molar-refractivity contribution in [2.45, 2.75) is 121 Å². The van der Waals surface area contributed by atoms with Gasteiger partial charge in [-0.05, 0) is 19.4 Å². The van der Waals surface area contributed by atoms with E-state index in [1.165, 1.54) is 38.2 Å². The number of carbonyl (C=O) groups excluding carboxylic acids is 4. The maximum atomic E-state index is 13.9. The van der Waals surface area contributed by atoms with Gasteiger partial charge in [0.25, 0.3) is 0 Å². The third kappa shape index (κ3) is 7.15. The first kappa shape index (κ1) is 37.4. The summed E-state index contributed by atoms with van der Waals surface area (Å²) in [5.74, 6) is -4.12. The Morgan fingerprint density at radius 1 is 1.00 bits per heavy atom. The topological polar surface area (TPSA) is 209 Å². The molecule has 0 aromatic heterocycles. The van der Waals surface area contributed by atoms with Crippen molar-refractivity contribution in [2.24, 2.45) is 0 Å². The lowest BCUT2D eigenvalue weighted by molar-refractivity contribution is -0.249. The predicted octanol–water partition coefficient (Wildman–Crippen LogP) is 3.30. The summed E-state index contributed by atoms with van der Waals surface area (Å²) in [5, 5.41) is 58.2. The smallest absolute Gasteiger partial charge is 0.220 e. The number of aliphatic hydroxyl groups is 3. The molecule has 0 spiro atoms. The quantitative estimate of drug-likeness (QED) is 0.106. The molecule has 0 radical (unpaired) electrons. The number of nitrogens with one attached hydrogen (secondary N) is 1. The highest BCUT2D eigenvalue weighted by molar-refractivity contribution is 6.31. The normalized spacial score (nSPS) is 25.8. The maximum absolute atomic E-state index is 13.9. The Balaban J connectivity index is 1.43. The van der Waals surface area contributed by atoms with Crippen molar-refractivity contribution in [3.05, 3.63) is 51.6 Å². The number of phenols is 2. The van der Waals surface area contributed by atoms with Gasteiger partial charge in [-0.25, -0.2) is 0 Å². The SMILES string of the molecule is CCCCCCCCCC(=O)N[C@H]1C[C@H](O[C@H]2C[C@](O)(C(=O)CO)Cc3c(O)c4c(c(O)c32)C(=O)c2c(OC)cccc2C4=O)O[C@@H](C)[C@H]1O. The Hall–Kier alpha value is -3.88. The molecule has 3 aliphatic rings. The van der Waals surface area contributed by atoms with Crippen molar-refractivity contribution in [3.63, 3.8) is 0 Å². The fourth-order valence-electron chi connectivity index (χ4n) is 7.38. The van der Waals surface area contributed by atoms with Gasteiger partial charge in [-0.1, -0.05) is 57.6 Å². The number of benzene rings is 2. The number of methoxy groups -OCH3 is 1. The van der Waals surface area contributed by atoms with Gasteiger partial charge in [0, 0.05) is 42.4 Å². The maximum Gasteiger partial charge on any atom is 0.220 e. The Labute approximate surface area is 290 Å². The second kappa shape index (κ2) is 15.6. The zero-order chi connectivity index (χ0) is 36.3. The molecule has 13 heteroatoms. The number of ether oxygens (including phenoxy) is 3. The van der Waals surface area contributed by atoms with Gasteiger partial charge in [-0.15, -0.1) is 0 Å².